The molecule has 0 atom stereocenters. The maximum atomic E-state index is 5.53. The molecule has 0 amide bonds. The zero-order chi connectivity index (χ0) is 9.10. The van der Waals surface area contributed by atoms with E-state index in [1.54, 1.807) is 6.20 Å². The number of nitrogens with zero attached hydrogens (tertiary/aromatic N) is 3. The van der Waals surface area contributed by atoms with Crippen LogP contribution >= 0.6 is 23.3 Å². The lowest BCUT2D eigenvalue weighted by molar-refractivity contribution is 1.21. The fourth-order valence-corrected chi connectivity index (χ4v) is 2.26. The number of rotatable bonds is 2. The SMILES string of the molecule is Nc1cc(Sc2ncns2)ccn1. The maximum Gasteiger partial charge on any atom is 0.174 e. The lowest BCUT2D eigenvalue weighted by atomic mass is 10.5. The van der Waals surface area contributed by atoms with Gasteiger partial charge in [-0.2, -0.15) is 4.37 Å². The molecule has 0 fully saturated rings. The Hall–Kier alpha value is -1.14. The Morgan fingerprint density at radius 3 is 3.00 bits per heavy atom. The Labute approximate surface area is 83.4 Å². The monoisotopic (exact) mass is 210 g/mol. The van der Waals surface area contributed by atoms with Crippen LogP contribution < -0.4 is 5.73 Å². The number of pyridine rings is 1. The van der Waals surface area contributed by atoms with E-state index in [1.807, 2.05) is 12.1 Å². The first-order valence-electron chi connectivity index (χ1n) is 3.50. The first-order chi connectivity index (χ1) is 6.34. The summed E-state index contributed by atoms with van der Waals surface area (Å²) in [5.41, 5.74) is 5.53. The van der Waals surface area contributed by atoms with Crippen LogP contribution in [0.4, 0.5) is 5.82 Å². The van der Waals surface area contributed by atoms with Crippen molar-refractivity contribution in [3.8, 4) is 0 Å². The molecule has 0 unspecified atom stereocenters. The molecule has 6 heteroatoms. The molecule has 66 valence electrons. The molecule has 0 aliphatic rings. The van der Waals surface area contributed by atoms with Gasteiger partial charge in [-0.3, -0.25) is 0 Å². The number of hydrogen-bond acceptors (Lipinski definition) is 6. The highest BCUT2D eigenvalue weighted by Gasteiger charge is 2.00. The average Bonchev–Trinajstić information content (AvgIpc) is 2.57. The maximum absolute atomic E-state index is 5.53. The van der Waals surface area contributed by atoms with Gasteiger partial charge in [0.15, 0.2) is 4.34 Å². The standard InChI is InChI=1S/C7H6N4S2/c8-6-3-5(1-2-9-6)12-7-10-4-11-13-7/h1-4H,(H2,8,9). The first-order valence-corrected chi connectivity index (χ1v) is 5.09. The van der Waals surface area contributed by atoms with Gasteiger partial charge in [-0.05, 0) is 23.7 Å². The van der Waals surface area contributed by atoms with Crippen molar-refractivity contribution in [2.24, 2.45) is 0 Å². The molecular weight excluding hydrogens is 204 g/mol. The minimum atomic E-state index is 0.523. The second-order valence-corrected chi connectivity index (χ2v) is 4.33. The average molecular weight is 210 g/mol. The van der Waals surface area contributed by atoms with Crippen LogP contribution in [0.1, 0.15) is 0 Å². The summed E-state index contributed by atoms with van der Waals surface area (Å²) in [5.74, 6) is 0.523. The number of nitrogen functional groups attached to an aromatic ring is 1. The molecule has 0 saturated heterocycles. The van der Waals surface area contributed by atoms with E-state index in [4.69, 9.17) is 5.73 Å². The van der Waals surface area contributed by atoms with Crippen LogP contribution in [-0.2, 0) is 0 Å². The van der Waals surface area contributed by atoms with Gasteiger partial charge >= 0.3 is 0 Å². The van der Waals surface area contributed by atoms with Gasteiger partial charge in [0.1, 0.15) is 12.1 Å². The third kappa shape index (κ3) is 2.16. The van der Waals surface area contributed by atoms with Gasteiger partial charge in [-0.1, -0.05) is 11.8 Å². The Balaban J connectivity index is 2.19. The number of nitrogens with two attached hydrogens (primary N) is 1. The third-order valence-corrected chi connectivity index (χ3v) is 3.00. The molecule has 0 aliphatic carbocycles. The Morgan fingerprint density at radius 1 is 1.38 bits per heavy atom. The molecular formula is C7H6N4S2. The predicted molar refractivity (Wildman–Crippen MR) is 52.7 cm³/mol. The van der Waals surface area contributed by atoms with Crippen molar-refractivity contribution in [3.63, 3.8) is 0 Å². The molecule has 0 aliphatic heterocycles. The topological polar surface area (TPSA) is 64.7 Å². The van der Waals surface area contributed by atoms with Crippen LogP contribution in [0, 0.1) is 0 Å². The normalized spacial score (nSPS) is 10.2. The minimum Gasteiger partial charge on any atom is -0.384 e. The summed E-state index contributed by atoms with van der Waals surface area (Å²) < 4.78 is 4.81. The van der Waals surface area contributed by atoms with Crippen molar-refractivity contribution in [1.29, 1.82) is 0 Å². The molecule has 13 heavy (non-hydrogen) atoms. The molecule has 2 N–H and O–H groups in total. The summed E-state index contributed by atoms with van der Waals surface area (Å²) in [6, 6.07) is 3.70. The van der Waals surface area contributed by atoms with E-state index >= 15 is 0 Å². The van der Waals surface area contributed by atoms with Gasteiger partial charge in [-0.15, -0.1) is 0 Å². The van der Waals surface area contributed by atoms with Crippen molar-refractivity contribution < 1.29 is 0 Å². The van der Waals surface area contributed by atoms with Gasteiger partial charge < -0.3 is 5.73 Å². The second kappa shape index (κ2) is 3.71. The van der Waals surface area contributed by atoms with Crippen molar-refractivity contribution in [2.75, 3.05) is 5.73 Å². The fourth-order valence-electron chi connectivity index (χ4n) is 0.800. The second-order valence-electron chi connectivity index (χ2n) is 2.23. The smallest absolute Gasteiger partial charge is 0.174 e. The van der Waals surface area contributed by atoms with E-state index in [0.29, 0.717) is 5.82 Å². The Kier molecular flexibility index (Phi) is 2.42. The van der Waals surface area contributed by atoms with Crippen LogP contribution in [0.3, 0.4) is 0 Å². The minimum absolute atomic E-state index is 0.523. The predicted octanol–water partition coefficient (Wildman–Crippen LogP) is 1.67. The molecule has 0 spiro atoms. The molecule has 4 nitrogen and oxygen atoms in total. The lowest BCUT2D eigenvalue weighted by Crippen LogP contribution is -1.87. The number of hydrogen-bond donors (Lipinski definition) is 1. The van der Waals surface area contributed by atoms with Crippen LogP contribution in [0.5, 0.6) is 0 Å². The Bertz CT molecular complexity index is 387. The van der Waals surface area contributed by atoms with E-state index in [-0.39, 0.29) is 0 Å². The molecule has 2 rings (SSSR count). The van der Waals surface area contributed by atoms with Crippen molar-refractivity contribution in [1.82, 2.24) is 14.3 Å². The van der Waals surface area contributed by atoms with E-state index in [0.717, 1.165) is 9.24 Å². The third-order valence-electron chi connectivity index (χ3n) is 1.30. The van der Waals surface area contributed by atoms with Gasteiger partial charge in [0.05, 0.1) is 0 Å². The van der Waals surface area contributed by atoms with Crippen LogP contribution in [-0.4, -0.2) is 14.3 Å². The summed E-state index contributed by atoms with van der Waals surface area (Å²) in [6.45, 7) is 0. The summed E-state index contributed by atoms with van der Waals surface area (Å²) in [7, 11) is 0. The van der Waals surface area contributed by atoms with Crippen LogP contribution in [0.2, 0.25) is 0 Å². The summed E-state index contributed by atoms with van der Waals surface area (Å²) >= 11 is 2.90. The number of anilines is 1. The summed E-state index contributed by atoms with van der Waals surface area (Å²) in [5, 5.41) is 0. The molecule has 0 radical (unpaired) electrons. The summed E-state index contributed by atoms with van der Waals surface area (Å²) in [4.78, 5) is 8.98. The van der Waals surface area contributed by atoms with Gasteiger partial charge in [0, 0.05) is 11.1 Å². The molecule has 0 aromatic carbocycles. The highest BCUT2D eigenvalue weighted by molar-refractivity contribution is 8.01. The van der Waals surface area contributed by atoms with Gasteiger partial charge in [-0.25, -0.2) is 9.97 Å². The molecule has 2 aromatic rings. The Morgan fingerprint density at radius 2 is 2.31 bits per heavy atom. The van der Waals surface area contributed by atoms with Crippen molar-refractivity contribution >= 4 is 29.1 Å². The van der Waals surface area contributed by atoms with Gasteiger partial charge in [0.2, 0.25) is 0 Å². The molecule has 2 aromatic heterocycles. The lowest BCUT2D eigenvalue weighted by Gasteiger charge is -1.96. The van der Waals surface area contributed by atoms with Gasteiger partial charge in [0.25, 0.3) is 0 Å². The highest BCUT2D eigenvalue weighted by atomic mass is 32.2. The molecule has 0 bridgehead atoms. The van der Waals surface area contributed by atoms with Crippen LogP contribution in [0.25, 0.3) is 0 Å². The quantitative estimate of drug-likeness (QED) is 0.816. The highest BCUT2D eigenvalue weighted by Crippen LogP contribution is 2.28. The van der Waals surface area contributed by atoms with E-state index in [9.17, 15) is 0 Å². The zero-order valence-electron chi connectivity index (χ0n) is 6.54. The van der Waals surface area contributed by atoms with E-state index in [1.165, 1.54) is 29.6 Å². The van der Waals surface area contributed by atoms with Crippen LogP contribution in [0.15, 0.2) is 33.9 Å². The van der Waals surface area contributed by atoms with Crippen molar-refractivity contribution in [3.05, 3.63) is 24.7 Å². The summed E-state index contributed by atoms with van der Waals surface area (Å²) in [6.07, 6.45) is 3.22. The first kappa shape index (κ1) is 8.46. The number of aromatic nitrogens is 3. The largest absolute Gasteiger partial charge is 0.384 e. The van der Waals surface area contributed by atoms with E-state index in [2.05, 4.69) is 14.3 Å². The van der Waals surface area contributed by atoms with Crippen molar-refractivity contribution in [2.45, 2.75) is 9.24 Å². The molecule has 2 heterocycles. The van der Waals surface area contributed by atoms with E-state index < -0.39 is 0 Å². The zero-order valence-corrected chi connectivity index (χ0v) is 8.18. The fraction of sp³-hybridized carbons (Fsp3) is 0. The molecule has 0 saturated carbocycles.